The third kappa shape index (κ3) is 3.78. The number of rotatable bonds is 7. The summed E-state index contributed by atoms with van der Waals surface area (Å²) in [5, 5.41) is 15.4. The molecule has 2 aliphatic heterocycles. The Hall–Kier alpha value is -3.91. The third-order valence-corrected chi connectivity index (χ3v) is 7.25. The average Bonchev–Trinajstić information content (AvgIpc) is 3.34. The molecule has 1 fully saturated rings. The van der Waals surface area contributed by atoms with E-state index in [0.717, 1.165) is 11.1 Å². The number of hydrogen-bond donors (Lipinski definition) is 1. The lowest BCUT2D eigenvalue weighted by Gasteiger charge is -2.30. The summed E-state index contributed by atoms with van der Waals surface area (Å²) in [7, 11) is 1.78. The molecular weight excluding hydrogens is 458 g/mol. The molecule has 0 radical (unpaired) electrons. The number of likely N-dealkylation sites (N-methyl/N-ethyl adjacent to an activating group) is 1. The zero-order chi connectivity index (χ0) is 25.4. The zero-order valence-corrected chi connectivity index (χ0v) is 20.6. The van der Waals surface area contributed by atoms with Gasteiger partial charge in [-0.3, -0.25) is 19.8 Å². The van der Waals surface area contributed by atoms with Crippen molar-refractivity contribution in [3.63, 3.8) is 0 Å². The maximum atomic E-state index is 13.3. The highest BCUT2D eigenvalue weighted by Gasteiger charge is 2.68. The van der Waals surface area contributed by atoms with E-state index in [2.05, 4.69) is 5.32 Å². The van der Waals surface area contributed by atoms with E-state index in [-0.39, 0.29) is 10.8 Å². The number of para-hydroxylation sites is 1. The number of benzene rings is 3. The van der Waals surface area contributed by atoms with Crippen LogP contribution in [0.3, 0.4) is 0 Å². The fourth-order valence-corrected chi connectivity index (χ4v) is 5.57. The van der Waals surface area contributed by atoms with Crippen LogP contribution >= 0.6 is 0 Å². The molecule has 1 spiro atoms. The summed E-state index contributed by atoms with van der Waals surface area (Å²) in [6.45, 7) is 5.07. The average molecular weight is 488 g/mol. The molecule has 0 bridgehead atoms. The van der Waals surface area contributed by atoms with Crippen LogP contribution in [0, 0.1) is 17.0 Å². The standard InChI is InChI=1S/C28H29N3O5/c1-4-35-25-15-20(13-14-24(25)36-17-19-11-9-18(2)10-12-19)21-16-30(3)28(26(21)31(33)34)22-7-5-6-8-23(22)29-27(28)32/h5-15,21,26H,4,16-17H2,1-3H3,(H,29,32)/t21-,26+,28-/m0/s1. The van der Waals surface area contributed by atoms with Crippen molar-refractivity contribution < 1.29 is 19.2 Å². The molecule has 0 aliphatic carbocycles. The van der Waals surface area contributed by atoms with Gasteiger partial charge in [-0.05, 0) is 50.2 Å². The van der Waals surface area contributed by atoms with Gasteiger partial charge in [0, 0.05) is 22.7 Å². The largest absolute Gasteiger partial charge is 0.490 e. The van der Waals surface area contributed by atoms with Crippen LogP contribution in [0.4, 0.5) is 5.69 Å². The lowest BCUT2D eigenvalue weighted by molar-refractivity contribution is -0.534. The van der Waals surface area contributed by atoms with Crippen molar-refractivity contribution in [3.05, 3.63) is 99.1 Å². The van der Waals surface area contributed by atoms with Gasteiger partial charge in [0.15, 0.2) is 17.0 Å². The van der Waals surface area contributed by atoms with Crippen molar-refractivity contribution >= 4 is 11.6 Å². The number of hydrogen-bond acceptors (Lipinski definition) is 6. The van der Waals surface area contributed by atoms with Crippen molar-refractivity contribution in [3.8, 4) is 11.5 Å². The van der Waals surface area contributed by atoms with Gasteiger partial charge in [-0.1, -0.05) is 54.1 Å². The number of nitrogens with zero attached hydrogens (tertiary/aromatic N) is 2. The Morgan fingerprint density at radius 3 is 2.56 bits per heavy atom. The van der Waals surface area contributed by atoms with Gasteiger partial charge >= 0.3 is 0 Å². The highest BCUT2D eigenvalue weighted by atomic mass is 16.6. The number of anilines is 1. The number of likely N-dealkylation sites (tertiary alicyclic amines) is 1. The van der Waals surface area contributed by atoms with Crippen LogP contribution < -0.4 is 14.8 Å². The van der Waals surface area contributed by atoms with Crippen LogP contribution in [0.5, 0.6) is 11.5 Å². The number of nitrogens with one attached hydrogen (secondary N) is 1. The number of amides is 1. The predicted molar refractivity (Wildman–Crippen MR) is 136 cm³/mol. The van der Waals surface area contributed by atoms with Gasteiger partial charge in [-0.25, -0.2) is 0 Å². The molecule has 8 nitrogen and oxygen atoms in total. The van der Waals surface area contributed by atoms with E-state index in [4.69, 9.17) is 9.47 Å². The molecule has 1 N–H and O–H groups in total. The Balaban J connectivity index is 1.49. The molecule has 3 aromatic rings. The van der Waals surface area contributed by atoms with Gasteiger partial charge in [0.25, 0.3) is 11.9 Å². The highest BCUT2D eigenvalue weighted by Crippen LogP contribution is 2.52. The second-order valence-electron chi connectivity index (χ2n) is 9.40. The second kappa shape index (κ2) is 9.28. The summed E-state index contributed by atoms with van der Waals surface area (Å²) in [6, 6.07) is 19.6. The molecule has 0 aromatic heterocycles. The van der Waals surface area contributed by atoms with Crippen LogP contribution in [0.1, 0.15) is 35.1 Å². The fourth-order valence-electron chi connectivity index (χ4n) is 5.57. The minimum Gasteiger partial charge on any atom is -0.490 e. The molecule has 36 heavy (non-hydrogen) atoms. The molecule has 0 saturated carbocycles. The number of carbonyl (C=O) groups excluding carboxylic acids is 1. The number of nitro groups is 1. The summed E-state index contributed by atoms with van der Waals surface area (Å²) >= 11 is 0. The fraction of sp³-hybridized carbons (Fsp3) is 0.321. The van der Waals surface area contributed by atoms with E-state index < -0.39 is 17.5 Å². The van der Waals surface area contributed by atoms with Crippen LogP contribution in [0.2, 0.25) is 0 Å². The van der Waals surface area contributed by atoms with E-state index >= 15 is 0 Å². The monoisotopic (exact) mass is 487 g/mol. The first-order valence-corrected chi connectivity index (χ1v) is 12.1. The van der Waals surface area contributed by atoms with Gasteiger partial charge in [-0.2, -0.15) is 0 Å². The minimum absolute atomic E-state index is 0.308. The van der Waals surface area contributed by atoms with Crippen molar-refractivity contribution in [1.29, 1.82) is 0 Å². The van der Waals surface area contributed by atoms with E-state index in [0.29, 0.717) is 42.5 Å². The van der Waals surface area contributed by atoms with Crippen LogP contribution in [-0.4, -0.2) is 42.0 Å². The first-order valence-electron chi connectivity index (χ1n) is 12.1. The van der Waals surface area contributed by atoms with E-state index in [9.17, 15) is 14.9 Å². The zero-order valence-electron chi connectivity index (χ0n) is 20.6. The molecule has 1 saturated heterocycles. The number of ether oxygens (including phenoxy) is 2. The smallest absolute Gasteiger partial charge is 0.256 e. The van der Waals surface area contributed by atoms with Crippen LogP contribution in [0.15, 0.2) is 66.7 Å². The summed E-state index contributed by atoms with van der Waals surface area (Å²) in [6.07, 6.45) is 0. The van der Waals surface area contributed by atoms with Gasteiger partial charge in [0.1, 0.15) is 6.61 Å². The predicted octanol–water partition coefficient (Wildman–Crippen LogP) is 4.49. The number of fused-ring (bicyclic) bond motifs is 2. The minimum atomic E-state index is -1.38. The van der Waals surface area contributed by atoms with Gasteiger partial charge < -0.3 is 14.8 Å². The molecule has 8 heteroatoms. The lowest BCUT2D eigenvalue weighted by atomic mass is 9.79. The maximum absolute atomic E-state index is 13.3. The molecule has 3 aromatic carbocycles. The quantitative estimate of drug-likeness (QED) is 0.390. The first-order chi connectivity index (χ1) is 17.4. The first kappa shape index (κ1) is 23.8. The normalized spacial score (nSPS) is 22.9. The second-order valence-corrected chi connectivity index (χ2v) is 9.40. The van der Waals surface area contributed by atoms with Crippen molar-refractivity contribution in [2.45, 2.75) is 38.0 Å². The molecule has 3 atom stereocenters. The molecule has 5 rings (SSSR count). The van der Waals surface area contributed by atoms with Gasteiger partial charge in [0.2, 0.25) is 0 Å². The van der Waals surface area contributed by atoms with E-state index in [1.54, 1.807) is 25.2 Å². The molecular formula is C28H29N3O5. The molecule has 2 aliphatic rings. The molecule has 1 amide bonds. The molecule has 0 unspecified atom stereocenters. The Kier molecular flexibility index (Phi) is 6.14. The summed E-state index contributed by atoms with van der Waals surface area (Å²) in [5.74, 6) is 0.221. The summed E-state index contributed by atoms with van der Waals surface area (Å²) in [5.41, 5.74) is 2.84. The molecule has 186 valence electrons. The van der Waals surface area contributed by atoms with Crippen LogP contribution in [-0.2, 0) is 16.9 Å². The van der Waals surface area contributed by atoms with Gasteiger partial charge in [0.05, 0.1) is 12.5 Å². The SMILES string of the molecule is CCOc1cc([C@@H]2CN(C)[C@]3(C(=O)Nc4ccccc43)[C@@H]2[N+](=O)[O-])ccc1OCc1ccc(C)cc1. The van der Waals surface area contributed by atoms with Crippen molar-refractivity contribution in [1.82, 2.24) is 4.90 Å². The summed E-state index contributed by atoms with van der Waals surface area (Å²) in [4.78, 5) is 27.4. The van der Waals surface area contributed by atoms with E-state index in [1.807, 2.05) is 67.3 Å². The Labute approximate surface area is 210 Å². The Morgan fingerprint density at radius 1 is 1.08 bits per heavy atom. The van der Waals surface area contributed by atoms with Crippen molar-refractivity contribution in [2.24, 2.45) is 0 Å². The van der Waals surface area contributed by atoms with Gasteiger partial charge in [-0.15, -0.1) is 0 Å². The van der Waals surface area contributed by atoms with Crippen LogP contribution in [0.25, 0.3) is 0 Å². The highest BCUT2D eigenvalue weighted by molar-refractivity contribution is 6.06. The van der Waals surface area contributed by atoms with E-state index in [1.165, 1.54) is 5.56 Å². The summed E-state index contributed by atoms with van der Waals surface area (Å²) < 4.78 is 11.9. The third-order valence-electron chi connectivity index (χ3n) is 7.25. The number of aryl methyl sites for hydroxylation is 1. The lowest BCUT2D eigenvalue weighted by Crippen LogP contribution is -2.54. The Bertz CT molecular complexity index is 1310. The number of carbonyl (C=O) groups is 1. The maximum Gasteiger partial charge on any atom is 0.256 e. The topological polar surface area (TPSA) is 93.9 Å². The van der Waals surface area contributed by atoms with Crippen molar-refractivity contribution in [2.75, 3.05) is 25.5 Å². The molecule has 2 heterocycles. The Morgan fingerprint density at radius 2 is 1.83 bits per heavy atom.